The number of carbonyl (C=O) groups is 2. The number of esters is 1. The molecule has 0 spiro atoms. The van der Waals surface area contributed by atoms with Gasteiger partial charge in [0, 0.05) is 6.08 Å². The van der Waals surface area contributed by atoms with Crippen LogP contribution in [0.5, 0.6) is 0 Å². The van der Waals surface area contributed by atoms with Crippen molar-refractivity contribution in [2.24, 2.45) is 0 Å². The Kier molecular flexibility index (Phi) is 3.39. The molecule has 0 N–H and O–H groups in total. The summed E-state index contributed by atoms with van der Waals surface area (Å²) in [6.45, 7) is 5.56. The van der Waals surface area contributed by atoms with Crippen molar-refractivity contribution in [1.82, 2.24) is 0 Å². The van der Waals surface area contributed by atoms with E-state index >= 15 is 0 Å². The molecular weight excluding hydrogens is 132 g/mol. The topological polar surface area (TPSA) is 43.4 Å². The predicted octanol–water partition coefficient (Wildman–Crippen LogP) is 1.04. The fraction of sp³-hybridized carbons (Fsp3) is 0.429. The monoisotopic (exact) mass is 142 g/mol. The van der Waals surface area contributed by atoms with Gasteiger partial charge >= 0.3 is 5.97 Å². The molecule has 0 aliphatic carbocycles. The smallest absolute Gasteiger partial charge is 0.384 e. The molecular formula is C7H10O3. The molecule has 3 heteroatoms. The van der Waals surface area contributed by atoms with Crippen LogP contribution in [-0.2, 0) is 14.3 Å². The van der Waals surface area contributed by atoms with Gasteiger partial charge in [0.2, 0.25) is 0 Å². The van der Waals surface area contributed by atoms with Gasteiger partial charge in [0.05, 0.1) is 0 Å². The largest absolute Gasteiger partial charge is 0.425 e. The fourth-order valence-corrected chi connectivity index (χ4v) is 0.470. The summed E-state index contributed by atoms with van der Waals surface area (Å²) < 4.78 is 4.35. The summed E-state index contributed by atoms with van der Waals surface area (Å²) in [4.78, 5) is 20.4. The first kappa shape index (κ1) is 8.88. The van der Waals surface area contributed by atoms with Gasteiger partial charge in [0.15, 0.2) is 0 Å². The van der Waals surface area contributed by atoms with E-state index in [4.69, 9.17) is 0 Å². The van der Waals surface area contributed by atoms with Gasteiger partial charge in [-0.3, -0.25) is 4.79 Å². The van der Waals surface area contributed by atoms with Gasteiger partial charge in [0.25, 0.3) is 5.78 Å². The number of ketones is 1. The number of carbonyl (C=O) groups excluding carboxylic acids is 2. The molecule has 1 aliphatic rings. The highest BCUT2D eigenvalue weighted by Gasteiger charge is 2.20. The van der Waals surface area contributed by atoms with Crippen molar-refractivity contribution in [3.8, 4) is 0 Å². The van der Waals surface area contributed by atoms with Crippen molar-refractivity contribution < 1.29 is 14.3 Å². The normalized spacial score (nSPS) is 15.3. The summed E-state index contributed by atoms with van der Waals surface area (Å²) in [5, 5.41) is 0. The first-order chi connectivity index (χ1) is 4.70. The third kappa shape index (κ3) is 2.01. The highest BCUT2D eigenvalue weighted by molar-refractivity contribution is 6.40. The Bertz CT molecular complexity index is 179. The molecule has 56 valence electrons. The fourth-order valence-electron chi connectivity index (χ4n) is 0.470. The summed E-state index contributed by atoms with van der Waals surface area (Å²) in [7, 11) is 0. The van der Waals surface area contributed by atoms with Crippen LogP contribution >= 0.6 is 0 Å². The third-order valence-corrected chi connectivity index (χ3v) is 0.789. The molecule has 0 amide bonds. The maximum atomic E-state index is 10.2. The van der Waals surface area contributed by atoms with Gasteiger partial charge in [0.1, 0.15) is 5.76 Å². The minimum absolute atomic E-state index is 0.375. The Morgan fingerprint density at radius 1 is 1.30 bits per heavy atom. The lowest BCUT2D eigenvalue weighted by atomic mass is 10.4. The second-order valence-electron chi connectivity index (χ2n) is 1.51. The van der Waals surface area contributed by atoms with Crippen LogP contribution in [0.15, 0.2) is 11.8 Å². The SMILES string of the molecule is CC.CC1=CC(=O)C(=O)O1. The molecule has 0 saturated carbocycles. The van der Waals surface area contributed by atoms with E-state index in [1.54, 1.807) is 6.92 Å². The molecule has 1 heterocycles. The lowest BCUT2D eigenvalue weighted by Crippen LogP contribution is -2.04. The predicted molar refractivity (Wildman–Crippen MR) is 36.2 cm³/mol. The number of hydrogen-bond acceptors (Lipinski definition) is 3. The quantitative estimate of drug-likeness (QED) is 0.375. The zero-order valence-corrected chi connectivity index (χ0v) is 6.30. The van der Waals surface area contributed by atoms with Crippen molar-refractivity contribution in [2.75, 3.05) is 0 Å². The maximum Gasteiger partial charge on any atom is 0.384 e. The molecule has 0 aromatic carbocycles. The molecule has 0 saturated heterocycles. The first-order valence-corrected chi connectivity index (χ1v) is 3.14. The van der Waals surface area contributed by atoms with Crippen molar-refractivity contribution >= 4 is 11.8 Å². The average Bonchev–Trinajstić information content (AvgIpc) is 2.16. The standard InChI is InChI=1S/C5H4O3.C2H6/c1-3-2-4(6)5(7)8-3;1-2/h2H,1H3;1-2H3. The minimum Gasteiger partial charge on any atom is -0.425 e. The number of ether oxygens (including phenoxy) is 1. The van der Waals surface area contributed by atoms with Gasteiger partial charge < -0.3 is 4.74 Å². The van der Waals surface area contributed by atoms with E-state index in [0.717, 1.165) is 0 Å². The summed E-state index contributed by atoms with van der Waals surface area (Å²) in [5.74, 6) is -0.968. The van der Waals surface area contributed by atoms with Gasteiger partial charge in [-0.25, -0.2) is 4.79 Å². The summed E-state index contributed by atoms with van der Waals surface area (Å²) >= 11 is 0. The lowest BCUT2D eigenvalue weighted by Gasteiger charge is -1.86. The van der Waals surface area contributed by atoms with Gasteiger partial charge in [-0.1, -0.05) is 13.8 Å². The number of cyclic esters (lactones) is 1. The molecule has 0 aromatic heterocycles. The van der Waals surface area contributed by atoms with Crippen LogP contribution in [0.4, 0.5) is 0 Å². The Morgan fingerprint density at radius 2 is 1.80 bits per heavy atom. The van der Waals surface area contributed by atoms with E-state index < -0.39 is 11.8 Å². The third-order valence-electron chi connectivity index (χ3n) is 0.789. The van der Waals surface area contributed by atoms with Crippen LogP contribution in [0, 0.1) is 0 Å². The zero-order valence-electron chi connectivity index (χ0n) is 6.30. The number of rotatable bonds is 0. The molecule has 0 unspecified atom stereocenters. The number of hydrogen-bond donors (Lipinski definition) is 0. The van der Waals surface area contributed by atoms with Gasteiger partial charge in [-0.15, -0.1) is 0 Å². The second-order valence-corrected chi connectivity index (χ2v) is 1.51. The van der Waals surface area contributed by atoms with Crippen LogP contribution in [-0.4, -0.2) is 11.8 Å². The molecule has 0 fully saturated rings. The summed E-state index contributed by atoms with van der Waals surface area (Å²) in [6, 6.07) is 0. The van der Waals surface area contributed by atoms with E-state index in [9.17, 15) is 9.59 Å². The highest BCUT2D eigenvalue weighted by Crippen LogP contribution is 2.04. The van der Waals surface area contributed by atoms with Crippen molar-refractivity contribution in [1.29, 1.82) is 0 Å². The molecule has 1 rings (SSSR count). The van der Waals surface area contributed by atoms with E-state index in [-0.39, 0.29) is 0 Å². The zero-order chi connectivity index (χ0) is 8.15. The Labute approximate surface area is 59.7 Å². The molecule has 3 nitrogen and oxygen atoms in total. The van der Waals surface area contributed by atoms with Crippen molar-refractivity contribution in [3.05, 3.63) is 11.8 Å². The van der Waals surface area contributed by atoms with Crippen molar-refractivity contribution in [2.45, 2.75) is 20.8 Å². The number of allylic oxidation sites excluding steroid dienone is 1. The highest BCUT2D eigenvalue weighted by atomic mass is 16.5. The molecule has 0 atom stereocenters. The van der Waals surface area contributed by atoms with Gasteiger partial charge in [-0.05, 0) is 6.92 Å². The van der Waals surface area contributed by atoms with E-state index in [2.05, 4.69) is 4.74 Å². The van der Waals surface area contributed by atoms with Crippen LogP contribution in [0.3, 0.4) is 0 Å². The van der Waals surface area contributed by atoms with Crippen molar-refractivity contribution in [3.63, 3.8) is 0 Å². The lowest BCUT2D eigenvalue weighted by molar-refractivity contribution is -0.146. The van der Waals surface area contributed by atoms with Crippen LogP contribution in [0.1, 0.15) is 20.8 Å². The van der Waals surface area contributed by atoms with E-state index in [1.807, 2.05) is 13.8 Å². The first-order valence-electron chi connectivity index (χ1n) is 3.14. The Morgan fingerprint density at radius 3 is 1.90 bits per heavy atom. The van der Waals surface area contributed by atoms with E-state index in [1.165, 1.54) is 6.08 Å². The Balaban J connectivity index is 0.000000371. The molecule has 10 heavy (non-hydrogen) atoms. The minimum atomic E-state index is -0.775. The molecule has 0 bridgehead atoms. The van der Waals surface area contributed by atoms with Crippen LogP contribution in [0.25, 0.3) is 0 Å². The van der Waals surface area contributed by atoms with Crippen LogP contribution < -0.4 is 0 Å². The summed E-state index contributed by atoms with van der Waals surface area (Å²) in [5.41, 5.74) is 0. The maximum absolute atomic E-state index is 10.2. The average molecular weight is 142 g/mol. The summed E-state index contributed by atoms with van der Waals surface area (Å²) in [6.07, 6.45) is 1.17. The van der Waals surface area contributed by atoms with E-state index in [0.29, 0.717) is 5.76 Å². The van der Waals surface area contributed by atoms with Crippen LogP contribution in [0.2, 0.25) is 0 Å². The molecule has 1 aliphatic heterocycles. The second kappa shape index (κ2) is 3.82. The van der Waals surface area contributed by atoms with Gasteiger partial charge in [-0.2, -0.15) is 0 Å². The Hall–Kier alpha value is -1.12. The molecule has 0 radical (unpaired) electrons. The molecule has 0 aromatic rings.